The molecular weight excluding hydrogens is 350 g/mol. The van der Waals surface area contributed by atoms with E-state index in [9.17, 15) is 19.2 Å². The van der Waals surface area contributed by atoms with E-state index >= 15 is 0 Å². The van der Waals surface area contributed by atoms with Crippen molar-refractivity contribution in [2.45, 2.75) is 38.3 Å². The van der Waals surface area contributed by atoms with Crippen LogP contribution in [0, 0.1) is 5.92 Å². The van der Waals surface area contributed by atoms with Crippen molar-refractivity contribution in [1.82, 2.24) is 15.5 Å². The summed E-state index contributed by atoms with van der Waals surface area (Å²) >= 11 is 0. The van der Waals surface area contributed by atoms with Crippen molar-refractivity contribution < 1.29 is 23.9 Å². The lowest BCUT2D eigenvalue weighted by molar-refractivity contribution is -0.151. The first-order valence-corrected chi connectivity index (χ1v) is 8.95. The first-order valence-electron chi connectivity index (χ1n) is 8.95. The van der Waals surface area contributed by atoms with Gasteiger partial charge in [-0.25, -0.2) is 4.79 Å². The van der Waals surface area contributed by atoms with E-state index in [2.05, 4.69) is 10.6 Å². The van der Waals surface area contributed by atoms with Crippen molar-refractivity contribution in [3.8, 4) is 0 Å². The average molecular weight is 373 g/mol. The highest BCUT2D eigenvalue weighted by Gasteiger charge is 2.56. The molecule has 1 aliphatic heterocycles. The predicted octanol–water partition coefficient (Wildman–Crippen LogP) is 1.13. The fourth-order valence-electron chi connectivity index (χ4n) is 3.23. The van der Waals surface area contributed by atoms with Gasteiger partial charge in [0.25, 0.3) is 11.8 Å². The van der Waals surface area contributed by atoms with Gasteiger partial charge < -0.3 is 15.4 Å². The molecule has 2 fully saturated rings. The van der Waals surface area contributed by atoms with Crippen molar-refractivity contribution >= 4 is 23.8 Å². The molecule has 4 amide bonds. The molecule has 8 nitrogen and oxygen atoms in total. The summed E-state index contributed by atoms with van der Waals surface area (Å²) in [5, 5.41) is 5.38. The van der Waals surface area contributed by atoms with E-state index in [0.29, 0.717) is 0 Å². The van der Waals surface area contributed by atoms with Crippen LogP contribution in [0.5, 0.6) is 0 Å². The summed E-state index contributed by atoms with van der Waals surface area (Å²) in [4.78, 5) is 49.2. The monoisotopic (exact) mass is 373 g/mol. The number of rotatable bonds is 7. The molecule has 1 saturated carbocycles. The summed E-state index contributed by atoms with van der Waals surface area (Å²) in [6, 6.07) is 8.54. The number of ether oxygens (including phenoxy) is 1. The molecule has 1 heterocycles. The van der Waals surface area contributed by atoms with Crippen LogP contribution in [-0.4, -0.2) is 47.4 Å². The summed E-state index contributed by atoms with van der Waals surface area (Å²) in [5.41, 5.74) is -0.0179. The summed E-state index contributed by atoms with van der Waals surface area (Å²) in [6.07, 6.45) is 1.75. The Balaban J connectivity index is 1.46. The Morgan fingerprint density at radius 2 is 1.96 bits per heavy atom. The smallest absolute Gasteiger partial charge is 0.326 e. The first kappa shape index (κ1) is 18.9. The van der Waals surface area contributed by atoms with Gasteiger partial charge in [-0.2, -0.15) is 0 Å². The standard InChI is InChI=1S/C19H23N3O5/c1-12(13-6-4-3-5-7-13)20-15(23)11-27-16(24)10-22-17(25)19(2,14-8-9-14)21-18(22)26/h3-7,12,14H,8-11H2,1-2H3,(H,20,23)(H,21,26)/t12-,19+/m1/s1. The molecule has 0 aromatic heterocycles. The number of carbonyl (C=O) groups is 4. The van der Waals surface area contributed by atoms with Gasteiger partial charge in [-0.3, -0.25) is 19.3 Å². The molecule has 0 bridgehead atoms. The van der Waals surface area contributed by atoms with Crippen LogP contribution in [0.2, 0.25) is 0 Å². The van der Waals surface area contributed by atoms with E-state index in [4.69, 9.17) is 4.74 Å². The van der Waals surface area contributed by atoms with Crippen LogP contribution in [-0.2, 0) is 19.1 Å². The normalized spacial score (nSPS) is 23.0. The van der Waals surface area contributed by atoms with Gasteiger partial charge in [0.05, 0.1) is 6.04 Å². The number of esters is 1. The lowest BCUT2D eigenvalue weighted by Gasteiger charge is -2.20. The third-order valence-corrected chi connectivity index (χ3v) is 5.02. The van der Waals surface area contributed by atoms with Crippen LogP contribution in [0.4, 0.5) is 4.79 Å². The molecular formula is C19H23N3O5. The van der Waals surface area contributed by atoms with Gasteiger partial charge >= 0.3 is 12.0 Å². The fourth-order valence-corrected chi connectivity index (χ4v) is 3.23. The van der Waals surface area contributed by atoms with Gasteiger partial charge in [-0.1, -0.05) is 30.3 Å². The highest BCUT2D eigenvalue weighted by molar-refractivity contribution is 6.08. The predicted molar refractivity (Wildman–Crippen MR) is 95.3 cm³/mol. The Kier molecular flexibility index (Phi) is 5.16. The second kappa shape index (κ2) is 7.38. The Morgan fingerprint density at radius 1 is 1.30 bits per heavy atom. The molecule has 3 rings (SSSR count). The van der Waals surface area contributed by atoms with Crippen molar-refractivity contribution in [3.63, 3.8) is 0 Å². The molecule has 1 aromatic carbocycles. The largest absolute Gasteiger partial charge is 0.454 e. The van der Waals surface area contributed by atoms with Crippen LogP contribution in [0.1, 0.15) is 38.3 Å². The number of imide groups is 1. The SMILES string of the molecule is C[C@@H](NC(=O)COC(=O)CN1C(=O)N[C@@](C)(C2CC2)C1=O)c1ccccc1. The summed E-state index contributed by atoms with van der Waals surface area (Å²) in [6.45, 7) is 2.52. The minimum Gasteiger partial charge on any atom is -0.454 e. The van der Waals surface area contributed by atoms with Crippen molar-refractivity contribution in [2.24, 2.45) is 5.92 Å². The van der Waals surface area contributed by atoms with E-state index in [-0.39, 0.29) is 12.0 Å². The highest BCUT2D eigenvalue weighted by atomic mass is 16.5. The topological polar surface area (TPSA) is 105 Å². The zero-order chi connectivity index (χ0) is 19.6. The van der Waals surface area contributed by atoms with Gasteiger partial charge in [0.2, 0.25) is 0 Å². The van der Waals surface area contributed by atoms with Crippen LogP contribution >= 0.6 is 0 Å². The highest BCUT2D eigenvalue weighted by Crippen LogP contribution is 2.42. The van der Waals surface area contributed by atoms with Crippen LogP contribution in [0.25, 0.3) is 0 Å². The molecule has 2 aliphatic rings. The maximum absolute atomic E-state index is 12.5. The van der Waals surface area contributed by atoms with E-state index in [1.54, 1.807) is 6.92 Å². The van der Waals surface area contributed by atoms with Crippen LogP contribution in [0.3, 0.4) is 0 Å². The zero-order valence-corrected chi connectivity index (χ0v) is 15.4. The Labute approximate surface area is 157 Å². The Bertz CT molecular complexity index is 762. The number of hydrogen-bond donors (Lipinski definition) is 2. The van der Waals surface area contributed by atoms with Gasteiger partial charge in [-0.15, -0.1) is 0 Å². The zero-order valence-electron chi connectivity index (χ0n) is 15.4. The summed E-state index contributed by atoms with van der Waals surface area (Å²) in [5.74, 6) is -1.57. The Morgan fingerprint density at radius 3 is 2.59 bits per heavy atom. The number of benzene rings is 1. The number of urea groups is 1. The number of nitrogens with zero attached hydrogens (tertiary/aromatic N) is 1. The number of carbonyl (C=O) groups excluding carboxylic acids is 4. The van der Waals surface area contributed by atoms with Gasteiger partial charge in [0, 0.05) is 0 Å². The third kappa shape index (κ3) is 4.10. The van der Waals surface area contributed by atoms with Gasteiger partial charge in [0.15, 0.2) is 6.61 Å². The third-order valence-electron chi connectivity index (χ3n) is 5.02. The molecule has 0 radical (unpaired) electrons. The maximum atomic E-state index is 12.5. The van der Waals surface area contributed by atoms with Crippen molar-refractivity contribution in [1.29, 1.82) is 0 Å². The number of hydrogen-bond acceptors (Lipinski definition) is 5. The van der Waals surface area contributed by atoms with E-state index in [1.807, 2.05) is 37.3 Å². The molecule has 2 N–H and O–H groups in total. The quantitative estimate of drug-likeness (QED) is 0.551. The van der Waals surface area contributed by atoms with Crippen LogP contribution < -0.4 is 10.6 Å². The first-order chi connectivity index (χ1) is 12.8. The van der Waals surface area contributed by atoms with E-state index < -0.39 is 42.5 Å². The minimum atomic E-state index is -0.945. The fraction of sp³-hybridized carbons (Fsp3) is 0.474. The number of amides is 4. The molecule has 2 atom stereocenters. The number of nitrogens with one attached hydrogen (secondary N) is 2. The second-order valence-electron chi connectivity index (χ2n) is 7.16. The molecule has 8 heteroatoms. The summed E-state index contributed by atoms with van der Waals surface area (Å²) in [7, 11) is 0. The maximum Gasteiger partial charge on any atom is 0.326 e. The molecule has 27 heavy (non-hydrogen) atoms. The summed E-state index contributed by atoms with van der Waals surface area (Å²) < 4.78 is 4.92. The molecule has 1 saturated heterocycles. The van der Waals surface area contributed by atoms with Gasteiger partial charge in [0.1, 0.15) is 12.1 Å². The average Bonchev–Trinajstić information content (AvgIpc) is 3.47. The molecule has 0 spiro atoms. The van der Waals surface area contributed by atoms with Crippen molar-refractivity contribution in [3.05, 3.63) is 35.9 Å². The van der Waals surface area contributed by atoms with E-state index in [0.717, 1.165) is 23.3 Å². The lowest BCUT2D eigenvalue weighted by atomic mass is 9.96. The Hall–Kier alpha value is -2.90. The lowest BCUT2D eigenvalue weighted by Crippen LogP contribution is -2.46. The van der Waals surface area contributed by atoms with Crippen molar-refractivity contribution in [2.75, 3.05) is 13.2 Å². The molecule has 1 aliphatic carbocycles. The van der Waals surface area contributed by atoms with Crippen LogP contribution in [0.15, 0.2) is 30.3 Å². The molecule has 0 unspecified atom stereocenters. The van der Waals surface area contributed by atoms with Gasteiger partial charge in [-0.05, 0) is 38.2 Å². The van der Waals surface area contributed by atoms with E-state index in [1.165, 1.54) is 0 Å². The second-order valence-corrected chi connectivity index (χ2v) is 7.16. The molecule has 1 aromatic rings. The molecule has 144 valence electrons. The minimum absolute atomic E-state index is 0.111.